The minimum absolute atomic E-state index is 0.0493. The van der Waals surface area contributed by atoms with E-state index >= 15 is 0 Å². The molecule has 24 heavy (non-hydrogen) atoms. The van der Waals surface area contributed by atoms with Gasteiger partial charge in [0.25, 0.3) is 10.2 Å². The maximum Gasteiger partial charge on any atom is 0.277 e. The van der Waals surface area contributed by atoms with E-state index in [0.717, 1.165) is 27.8 Å². The highest BCUT2D eigenvalue weighted by molar-refractivity contribution is 7.86. The van der Waals surface area contributed by atoms with Crippen molar-refractivity contribution in [1.29, 1.82) is 0 Å². The summed E-state index contributed by atoms with van der Waals surface area (Å²) in [4.78, 5) is 15.8. The number of nitrogens with two attached hydrogens (primary N) is 1. The summed E-state index contributed by atoms with van der Waals surface area (Å²) in [7, 11) is -3.67. The minimum atomic E-state index is -3.67. The Morgan fingerprint density at radius 1 is 1.21 bits per heavy atom. The van der Waals surface area contributed by atoms with Crippen molar-refractivity contribution >= 4 is 21.9 Å². The van der Waals surface area contributed by atoms with Crippen molar-refractivity contribution in [2.75, 3.05) is 11.9 Å². The van der Waals surface area contributed by atoms with Crippen LogP contribution in [0.4, 0.5) is 5.82 Å². The van der Waals surface area contributed by atoms with Gasteiger partial charge < -0.3 is 5.32 Å². The Morgan fingerprint density at radius 3 is 2.83 bits per heavy atom. The van der Waals surface area contributed by atoms with Crippen LogP contribution < -0.4 is 10.5 Å². The zero-order chi connectivity index (χ0) is 16.9. The van der Waals surface area contributed by atoms with Crippen LogP contribution in [0.2, 0.25) is 0 Å². The van der Waals surface area contributed by atoms with Crippen LogP contribution in [-0.4, -0.2) is 30.2 Å². The molecule has 2 aliphatic heterocycles. The molecule has 0 fully saturated rings. The smallest absolute Gasteiger partial charge is 0.277 e. The fraction of sp³-hybridized carbons (Fsp3) is 0.250. The molecule has 0 saturated heterocycles. The molecule has 1 aromatic heterocycles. The SMILES string of the molecule is NS(=O)(=O)N1CCc2cc(-c3ccnc4c3CC(=O)N4)ccc2C1. The molecule has 0 spiro atoms. The number of hydrogen-bond acceptors (Lipinski definition) is 4. The first-order chi connectivity index (χ1) is 11.4. The van der Waals surface area contributed by atoms with Gasteiger partial charge >= 0.3 is 0 Å². The lowest BCUT2D eigenvalue weighted by atomic mass is 9.93. The van der Waals surface area contributed by atoms with Crippen molar-refractivity contribution in [2.45, 2.75) is 19.4 Å². The summed E-state index contributed by atoms with van der Waals surface area (Å²) in [5.41, 5.74) is 4.96. The van der Waals surface area contributed by atoms with Gasteiger partial charge in [-0.05, 0) is 34.7 Å². The zero-order valence-electron chi connectivity index (χ0n) is 12.8. The number of nitrogens with one attached hydrogen (secondary N) is 1. The highest BCUT2D eigenvalue weighted by Gasteiger charge is 2.25. The molecule has 1 aromatic carbocycles. The first-order valence-electron chi connectivity index (χ1n) is 7.59. The van der Waals surface area contributed by atoms with E-state index in [-0.39, 0.29) is 5.91 Å². The van der Waals surface area contributed by atoms with Crippen molar-refractivity contribution in [3.05, 3.63) is 47.2 Å². The number of pyridine rings is 1. The molecular formula is C16H16N4O3S. The lowest BCUT2D eigenvalue weighted by molar-refractivity contribution is -0.115. The molecule has 0 saturated carbocycles. The van der Waals surface area contributed by atoms with Crippen LogP contribution in [0.1, 0.15) is 16.7 Å². The number of amides is 1. The average Bonchev–Trinajstić information content (AvgIpc) is 2.93. The Hall–Kier alpha value is -2.29. The van der Waals surface area contributed by atoms with Crippen LogP contribution in [0.25, 0.3) is 11.1 Å². The molecule has 0 atom stereocenters. The number of fused-ring (bicyclic) bond motifs is 2. The second-order valence-corrected chi connectivity index (χ2v) is 7.57. The van der Waals surface area contributed by atoms with Crippen LogP contribution in [0.5, 0.6) is 0 Å². The van der Waals surface area contributed by atoms with Gasteiger partial charge in [-0.1, -0.05) is 18.2 Å². The normalized spacial score (nSPS) is 17.3. The molecule has 1 amide bonds. The molecule has 0 radical (unpaired) electrons. The van der Waals surface area contributed by atoms with Crippen molar-refractivity contribution in [2.24, 2.45) is 5.14 Å². The standard InChI is InChI=1S/C16H16N4O3S/c17-24(22,23)20-6-4-10-7-11(1-2-12(10)9-20)13-3-5-18-16-14(13)8-15(21)19-16/h1-3,5,7H,4,6,8-9H2,(H2,17,22,23)(H,18,19,21). The number of aromatic nitrogens is 1. The van der Waals surface area contributed by atoms with Gasteiger partial charge in [-0.15, -0.1) is 0 Å². The summed E-state index contributed by atoms with van der Waals surface area (Å²) in [5.74, 6) is 0.572. The second-order valence-electron chi connectivity index (χ2n) is 6.02. The van der Waals surface area contributed by atoms with Crippen LogP contribution >= 0.6 is 0 Å². The van der Waals surface area contributed by atoms with Gasteiger partial charge in [0.15, 0.2) is 0 Å². The number of benzene rings is 1. The predicted octanol–water partition coefficient (Wildman–Crippen LogP) is 0.805. The molecule has 3 heterocycles. The van der Waals surface area contributed by atoms with E-state index in [1.807, 2.05) is 18.2 Å². The maximum atomic E-state index is 11.6. The lowest BCUT2D eigenvalue weighted by Crippen LogP contribution is -2.40. The first-order valence-corrected chi connectivity index (χ1v) is 9.10. The number of nitrogens with zero attached hydrogens (tertiary/aromatic N) is 2. The highest BCUT2D eigenvalue weighted by atomic mass is 32.2. The number of carbonyl (C=O) groups excluding carboxylic acids is 1. The van der Waals surface area contributed by atoms with Crippen molar-refractivity contribution < 1.29 is 13.2 Å². The number of hydrogen-bond donors (Lipinski definition) is 2. The lowest BCUT2D eigenvalue weighted by Gasteiger charge is -2.26. The van der Waals surface area contributed by atoms with Crippen LogP contribution in [-0.2, 0) is 34.4 Å². The number of anilines is 1. The Labute approximate surface area is 139 Å². The Balaban J connectivity index is 1.72. The molecular weight excluding hydrogens is 328 g/mol. The van der Waals surface area contributed by atoms with Gasteiger partial charge in [-0.3, -0.25) is 4.79 Å². The molecule has 2 aliphatic rings. The van der Waals surface area contributed by atoms with E-state index in [1.54, 1.807) is 6.20 Å². The molecule has 4 rings (SSSR count). The minimum Gasteiger partial charge on any atom is -0.310 e. The number of carbonyl (C=O) groups is 1. The molecule has 8 heteroatoms. The number of rotatable bonds is 2. The fourth-order valence-electron chi connectivity index (χ4n) is 3.30. The maximum absolute atomic E-state index is 11.6. The van der Waals surface area contributed by atoms with E-state index in [9.17, 15) is 13.2 Å². The van der Waals surface area contributed by atoms with Crippen LogP contribution in [0, 0.1) is 0 Å². The third-order valence-electron chi connectivity index (χ3n) is 4.51. The second kappa shape index (κ2) is 5.37. The third-order valence-corrected chi connectivity index (χ3v) is 5.54. The quantitative estimate of drug-likeness (QED) is 0.841. The molecule has 7 nitrogen and oxygen atoms in total. The van der Waals surface area contributed by atoms with Gasteiger partial charge in [0.05, 0.1) is 6.42 Å². The predicted molar refractivity (Wildman–Crippen MR) is 89.2 cm³/mol. The van der Waals surface area contributed by atoms with Crippen molar-refractivity contribution in [1.82, 2.24) is 9.29 Å². The van der Waals surface area contributed by atoms with E-state index in [2.05, 4.69) is 16.4 Å². The Kier molecular flexibility index (Phi) is 3.41. The van der Waals surface area contributed by atoms with Gasteiger partial charge in [-0.2, -0.15) is 12.7 Å². The van der Waals surface area contributed by atoms with E-state index in [4.69, 9.17) is 5.14 Å². The summed E-state index contributed by atoms with van der Waals surface area (Å²) < 4.78 is 24.3. The van der Waals surface area contributed by atoms with E-state index < -0.39 is 10.2 Å². The monoisotopic (exact) mass is 344 g/mol. The third kappa shape index (κ3) is 2.58. The molecule has 0 bridgehead atoms. The summed E-state index contributed by atoms with van der Waals surface area (Å²) in [5, 5.41) is 7.97. The van der Waals surface area contributed by atoms with Gasteiger partial charge in [0, 0.05) is 24.8 Å². The zero-order valence-corrected chi connectivity index (χ0v) is 13.6. The first kappa shape index (κ1) is 15.3. The summed E-state index contributed by atoms with van der Waals surface area (Å²) >= 11 is 0. The Morgan fingerprint density at radius 2 is 2.04 bits per heavy atom. The summed E-state index contributed by atoms with van der Waals surface area (Å²) in [6, 6.07) is 7.84. The van der Waals surface area contributed by atoms with Gasteiger partial charge in [0.1, 0.15) is 5.82 Å². The van der Waals surface area contributed by atoms with Crippen LogP contribution in [0.15, 0.2) is 30.5 Å². The van der Waals surface area contributed by atoms with Crippen molar-refractivity contribution in [3.63, 3.8) is 0 Å². The van der Waals surface area contributed by atoms with Crippen LogP contribution in [0.3, 0.4) is 0 Å². The highest BCUT2D eigenvalue weighted by Crippen LogP contribution is 2.33. The molecule has 0 unspecified atom stereocenters. The summed E-state index contributed by atoms with van der Waals surface area (Å²) in [6.07, 6.45) is 2.63. The largest absolute Gasteiger partial charge is 0.310 e. The van der Waals surface area contributed by atoms with Crippen molar-refractivity contribution in [3.8, 4) is 11.1 Å². The summed E-state index contributed by atoms with van der Waals surface area (Å²) in [6.45, 7) is 0.673. The van der Waals surface area contributed by atoms with E-state index in [0.29, 0.717) is 31.7 Å². The van der Waals surface area contributed by atoms with Gasteiger partial charge in [0.2, 0.25) is 5.91 Å². The molecule has 124 valence electrons. The molecule has 0 aliphatic carbocycles. The molecule has 3 N–H and O–H groups in total. The van der Waals surface area contributed by atoms with Gasteiger partial charge in [-0.25, -0.2) is 10.1 Å². The van der Waals surface area contributed by atoms with E-state index in [1.165, 1.54) is 4.31 Å². The Bertz CT molecular complexity index is 956. The fourth-order valence-corrected chi connectivity index (χ4v) is 3.96. The average molecular weight is 344 g/mol. The molecule has 2 aromatic rings. The topological polar surface area (TPSA) is 105 Å².